The highest BCUT2D eigenvalue weighted by Gasteiger charge is 2.34. The van der Waals surface area contributed by atoms with Crippen LogP contribution in [-0.4, -0.2) is 57.6 Å². The summed E-state index contributed by atoms with van der Waals surface area (Å²) < 4.78 is 41.6. The number of nitrogens with one attached hydrogen (secondary N) is 1. The van der Waals surface area contributed by atoms with E-state index >= 15 is 0 Å². The molecule has 1 aromatic carbocycles. The van der Waals surface area contributed by atoms with Crippen molar-refractivity contribution in [1.29, 1.82) is 0 Å². The first-order valence-electron chi connectivity index (χ1n) is 10.8. The fourth-order valence-corrected chi connectivity index (χ4v) is 4.82. The van der Waals surface area contributed by atoms with Crippen molar-refractivity contribution in [2.75, 3.05) is 18.9 Å². The standard InChI is InChI=1S/C23H24ClN7O4S/c1-14-12-25-21(26-13-14)20(35-4)15(2)36(32,33)30-23-29-28-22(17-9-7-11-19(27-17)34-3)31(23)18-10-6-5-8-16(18)24/h5-13,15,20H,1-4H3,(H,29,30)/t15-,20-/m0/s1. The summed E-state index contributed by atoms with van der Waals surface area (Å²) in [7, 11) is -1.18. The van der Waals surface area contributed by atoms with E-state index in [-0.39, 0.29) is 17.6 Å². The summed E-state index contributed by atoms with van der Waals surface area (Å²) in [6, 6.07) is 12.0. The SMILES string of the molecule is COc1cccc(-c2nnc(NS(=O)(=O)[C@@H](C)[C@H](OC)c3ncc(C)cn3)n2-c2ccccc2Cl)n1. The van der Waals surface area contributed by atoms with Crippen molar-refractivity contribution in [3.8, 4) is 23.1 Å². The number of aromatic nitrogens is 6. The van der Waals surface area contributed by atoms with Crippen LogP contribution in [0, 0.1) is 6.92 Å². The molecule has 0 amide bonds. The van der Waals surface area contributed by atoms with Gasteiger partial charge in [-0.25, -0.2) is 23.4 Å². The molecule has 36 heavy (non-hydrogen) atoms. The lowest BCUT2D eigenvalue weighted by Gasteiger charge is -2.22. The Bertz CT molecular complexity index is 1460. The smallest absolute Gasteiger partial charge is 0.243 e. The van der Waals surface area contributed by atoms with Gasteiger partial charge in [0.15, 0.2) is 11.6 Å². The van der Waals surface area contributed by atoms with E-state index < -0.39 is 21.4 Å². The Morgan fingerprint density at radius 2 is 1.75 bits per heavy atom. The van der Waals surface area contributed by atoms with E-state index in [9.17, 15) is 8.42 Å². The van der Waals surface area contributed by atoms with Crippen LogP contribution in [0.2, 0.25) is 5.02 Å². The predicted octanol–water partition coefficient (Wildman–Crippen LogP) is 3.61. The summed E-state index contributed by atoms with van der Waals surface area (Å²) in [5.74, 6) is 0.791. The Hall–Kier alpha value is -3.61. The second-order valence-electron chi connectivity index (χ2n) is 7.83. The van der Waals surface area contributed by atoms with Gasteiger partial charge in [-0.05, 0) is 37.6 Å². The van der Waals surface area contributed by atoms with E-state index in [1.54, 1.807) is 54.9 Å². The van der Waals surface area contributed by atoms with Crippen LogP contribution in [0.1, 0.15) is 24.4 Å². The van der Waals surface area contributed by atoms with E-state index in [1.807, 2.05) is 6.92 Å². The molecule has 0 saturated heterocycles. The number of hydrogen-bond donors (Lipinski definition) is 1. The number of nitrogens with zero attached hydrogens (tertiary/aromatic N) is 6. The van der Waals surface area contributed by atoms with Gasteiger partial charge >= 0.3 is 0 Å². The molecular weight excluding hydrogens is 506 g/mol. The molecule has 0 bridgehead atoms. The lowest BCUT2D eigenvalue weighted by molar-refractivity contribution is 0.0949. The molecule has 188 valence electrons. The van der Waals surface area contributed by atoms with Crippen molar-refractivity contribution < 1.29 is 17.9 Å². The van der Waals surface area contributed by atoms with Gasteiger partial charge < -0.3 is 9.47 Å². The zero-order chi connectivity index (χ0) is 25.9. The maximum Gasteiger partial charge on any atom is 0.243 e. The first-order chi connectivity index (χ1) is 17.2. The average molecular weight is 530 g/mol. The molecule has 13 heteroatoms. The van der Waals surface area contributed by atoms with Gasteiger partial charge in [-0.15, -0.1) is 10.2 Å². The number of benzene rings is 1. The Labute approximate surface area is 213 Å². The van der Waals surface area contributed by atoms with Crippen molar-refractivity contribution in [2.24, 2.45) is 0 Å². The summed E-state index contributed by atoms with van der Waals surface area (Å²) in [6.45, 7) is 3.34. The van der Waals surface area contributed by atoms with Gasteiger partial charge in [0.2, 0.25) is 21.9 Å². The Morgan fingerprint density at radius 1 is 1.03 bits per heavy atom. The van der Waals surface area contributed by atoms with Gasteiger partial charge in [-0.2, -0.15) is 0 Å². The molecule has 0 radical (unpaired) electrons. The number of sulfonamides is 1. The highest BCUT2D eigenvalue weighted by molar-refractivity contribution is 7.93. The van der Waals surface area contributed by atoms with Crippen molar-refractivity contribution >= 4 is 27.6 Å². The van der Waals surface area contributed by atoms with E-state index in [1.165, 1.54) is 25.7 Å². The molecule has 4 aromatic rings. The zero-order valence-corrected chi connectivity index (χ0v) is 21.5. The minimum Gasteiger partial charge on any atom is -0.481 e. The molecule has 0 saturated carbocycles. The highest BCUT2D eigenvalue weighted by Crippen LogP contribution is 2.31. The average Bonchev–Trinajstić information content (AvgIpc) is 3.28. The lowest BCUT2D eigenvalue weighted by Crippen LogP contribution is -2.33. The van der Waals surface area contributed by atoms with Gasteiger partial charge in [0.05, 0.1) is 17.8 Å². The van der Waals surface area contributed by atoms with Crippen LogP contribution in [0.25, 0.3) is 17.2 Å². The topological polar surface area (TPSA) is 134 Å². The van der Waals surface area contributed by atoms with Gasteiger partial charge in [0.25, 0.3) is 0 Å². The summed E-state index contributed by atoms with van der Waals surface area (Å²) >= 11 is 6.47. The van der Waals surface area contributed by atoms with E-state index in [4.69, 9.17) is 21.1 Å². The van der Waals surface area contributed by atoms with Crippen LogP contribution < -0.4 is 9.46 Å². The normalized spacial score (nSPS) is 13.2. The Balaban J connectivity index is 1.77. The monoisotopic (exact) mass is 529 g/mol. The third kappa shape index (κ3) is 5.15. The summed E-state index contributed by atoms with van der Waals surface area (Å²) in [4.78, 5) is 12.9. The molecule has 0 aliphatic rings. The fourth-order valence-electron chi connectivity index (χ4n) is 3.47. The first kappa shape index (κ1) is 25.5. The molecule has 0 aliphatic heterocycles. The number of halogens is 1. The highest BCUT2D eigenvalue weighted by atomic mass is 35.5. The van der Waals surface area contributed by atoms with Crippen LogP contribution in [-0.2, 0) is 14.8 Å². The third-order valence-corrected chi connectivity index (χ3v) is 7.39. The number of pyridine rings is 1. The largest absolute Gasteiger partial charge is 0.481 e. The molecular formula is C23H24ClN7O4S. The number of anilines is 1. The molecule has 1 N–H and O–H groups in total. The zero-order valence-electron chi connectivity index (χ0n) is 20.0. The van der Waals surface area contributed by atoms with Crippen molar-refractivity contribution in [1.82, 2.24) is 29.7 Å². The van der Waals surface area contributed by atoms with Crippen LogP contribution in [0.5, 0.6) is 5.88 Å². The van der Waals surface area contributed by atoms with E-state index in [0.717, 1.165) is 5.56 Å². The number of para-hydroxylation sites is 1. The van der Waals surface area contributed by atoms with Crippen molar-refractivity contribution in [3.05, 3.63) is 71.3 Å². The second-order valence-corrected chi connectivity index (χ2v) is 10.3. The van der Waals surface area contributed by atoms with Gasteiger partial charge in [0.1, 0.15) is 17.0 Å². The maximum absolute atomic E-state index is 13.5. The number of hydrogen-bond acceptors (Lipinski definition) is 9. The van der Waals surface area contributed by atoms with Crippen LogP contribution in [0.3, 0.4) is 0 Å². The maximum atomic E-state index is 13.5. The molecule has 0 aliphatic carbocycles. The molecule has 2 atom stereocenters. The third-order valence-electron chi connectivity index (χ3n) is 5.38. The summed E-state index contributed by atoms with van der Waals surface area (Å²) in [5, 5.41) is 7.60. The second kappa shape index (κ2) is 10.6. The molecule has 3 aromatic heterocycles. The van der Waals surface area contributed by atoms with Crippen molar-refractivity contribution in [3.63, 3.8) is 0 Å². The summed E-state index contributed by atoms with van der Waals surface area (Å²) in [5.41, 5.74) is 1.70. The van der Waals surface area contributed by atoms with Crippen LogP contribution >= 0.6 is 11.6 Å². The molecule has 0 fully saturated rings. The van der Waals surface area contributed by atoms with Gasteiger partial charge in [-0.3, -0.25) is 9.29 Å². The van der Waals surface area contributed by atoms with Crippen molar-refractivity contribution in [2.45, 2.75) is 25.2 Å². The van der Waals surface area contributed by atoms with E-state index in [0.29, 0.717) is 22.3 Å². The quantitative estimate of drug-likeness (QED) is 0.345. The molecule has 4 rings (SSSR count). The number of aryl methyl sites for hydroxylation is 1. The number of ether oxygens (including phenoxy) is 2. The lowest BCUT2D eigenvalue weighted by atomic mass is 10.2. The fraction of sp³-hybridized carbons (Fsp3) is 0.261. The van der Waals surface area contributed by atoms with Crippen LogP contribution in [0.15, 0.2) is 54.9 Å². The Kier molecular flexibility index (Phi) is 7.48. The van der Waals surface area contributed by atoms with Gasteiger partial charge in [0, 0.05) is 25.6 Å². The summed E-state index contributed by atoms with van der Waals surface area (Å²) in [6.07, 6.45) is 2.27. The van der Waals surface area contributed by atoms with Crippen LogP contribution in [0.4, 0.5) is 5.95 Å². The number of methoxy groups -OCH3 is 2. The molecule has 11 nitrogen and oxygen atoms in total. The number of rotatable bonds is 9. The minimum absolute atomic E-state index is 0.0748. The Morgan fingerprint density at radius 3 is 2.42 bits per heavy atom. The molecule has 0 unspecified atom stereocenters. The van der Waals surface area contributed by atoms with E-state index in [2.05, 4.69) is 29.9 Å². The molecule has 3 heterocycles. The first-order valence-corrected chi connectivity index (χ1v) is 12.7. The minimum atomic E-state index is -4.07. The van der Waals surface area contributed by atoms with Gasteiger partial charge in [-0.1, -0.05) is 29.8 Å². The predicted molar refractivity (Wildman–Crippen MR) is 135 cm³/mol. The molecule has 0 spiro atoms.